The van der Waals surface area contributed by atoms with Gasteiger partial charge in [0.25, 0.3) is 0 Å². The highest BCUT2D eigenvalue weighted by atomic mass is 19.1. The lowest BCUT2D eigenvalue weighted by Gasteiger charge is -2.29. The Hall–Kier alpha value is -3.74. The van der Waals surface area contributed by atoms with E-state index < -0.39 is 0 Å². The molecular formula is C25H23FN6. The number of aromatic amines is 1. The van der Waals surface area contributed by atoms with Crippen molar-refractivity contribution in [3.8, 4) is 17.1 Å². The molecule has 3 aromatic carbocycles. The number of hydrogen-bond donors (Lipinski definition) is 1. The van der Waals surface area contributed by atoms with Crippen molar-refractivity contribution in [3.63, 3.8) is 0 Å². The second-order valence-corrected chi connectivity index (χ2v) is 8.35. The zero-order valence-corrected chi connectivity index (χ0v) is 17.8. The molecule has 6 rings (SSSR count). The maximum absolute atomic E-state index is 14.5. The third-order valence-corrected chi connectivity index (χ3v) is 6.39. The van der Waals surface area contributed by atoms with E-state index in [0.29, 0.717) is 11.2 Å². The molecule has 0 aliphatic carbocycles. The monoisotopic (exact) mass is 426 g/mol. The Kier molecular flexibility index (Phi) is 4.41. The third-order valence-electron chi connectivity index (χ3n) is 6.39. The summed E-state index contributed by atoms with van der Waals surface area (Å²) in [6, 6.07) is 15.3. The molecule has 160 valence electrons. The normalized spacial score (nSPS) is 14.5. The van der Waals surface area contributed by atoms with Crippen molar-refractivity contribution < 1.29 is 4.39 Å². The second kappa shape index (κ2) is 7.44. The summed E-state index contributed by atoms with van der Waals surface area (Å²) < 4.78 is 16.7. The Morgan fingerprint density at radius 1 is 0.969 bits per heavy atom. The van der Waals surface area contributed by atoms with E-state index in [-0.39, 0.29) is 5.82 Å². The molecule has 1 saturated heterocycles. The average Bonchev–Trinajstić information content (AvgIpc) is 3.47. The zero-order chi connectivity index (χ0) is 21.7. The quantitative estimate of drug-likeness (QED) is 0.419. The van der Waals surface area contributed by atoms with Crippen LogP contribution < -0.4 is 4.90 Å². The Morgan fingerprint density at radius 2 is 1.78 bits per heavy atom. The molecule has 0 amide bonds. The summed E-state index contributed by atoms with van der Waals surface area (Å²) in [5.74, 6) is 1.32. The molecule has 0 unspecified atom stereocenters. The van der Waals surface area contributed by atoms with E-state index >= 15 is 0 Å². The first-order valence-corrected chi connectivity index (χ1v) is 11.0. The Balaban J connectivity index is 1.66. The Labute approximate surface area is 184 Å². The van der Waals surface area contributed by atoms with Crippen molar-refractivity contribution in [1.82, 2.24) is 24.7 Å². The Morgan fingerprint density at radius 3 is 2.56 bits per heavy atom. The summed E-state index contributed by atoms with van der Waals surface area (Å²) in [7, 11) is 0. The summed E-state index contributed by atoms with van der Waals surface area (Å²) in [6.07, 6.45) is 5.17. The maximum atomic E-state index is 14.5. The fourth-order valence-corrected chi connectivity index (χ4v) is 4.87. The number of nitrogens with zero attached hydrogens (tertiary/aromatic N) is 5. The van der Waals surface area contributed by atoms with Crippen molar-refractivity contribution >= 4 is 27.5 Å². The largest absolute Gasteiger partial charge is 0.371 e. The summed E-state index contributed by atoms with van der Waals surface area (Å²) in [5.41, 5.74) is 4.83. The van der Waals surface area contributed by atoms with Crippen molar-refractivity contribution in [3.05, 3.63) is 66.5 Å². The molecule has 32 heavy (non-hydrogen) atoms. The van der Waals surface area contributed by atoms with Gasteiger partial charge in [0.1, 0.15) is 23.5 Å². The molecule has 0 bridgehead atoms. The van der Waals surface area contributed by atoms with E-state index in [0.717, 1.165) is 52.3 Å². The topological polar surface area (TPSA) is 62.6 Å². The van der Waals surface area contributed by atoms with Crippen LogP contribution in [0, 0.1) is 12.7 Å². The van der Waals surface area contributed by atoms with E-state index in [2.05, 4.69) is 36.8 Å². The van der Waals surface area contributed by atoms with Crippen LogP contribution in [0.4, 0.5) is 10.1 Å². The number of nitrogens with one attached hydrogen (secondary N) is 1. The van der Waals surface area contributed by atoms with Crippen LogP contribution in [0.1, 0.15) is 25.1 Å². The predicted octanol–water partition coefficient (Wildman–Crippen LogP) is 5.40. The standard InChI is InChI=1S/C25H23FN6/c1-16-29-24-20(25-27-15-28-30-25)13-17(31-11-5-2-6-12-31)14-23(24)32(16)22-10-9-21(26)18-7-3-4-8-19(18)22/h3-4,7-10,13-15H,2,5-6,11-12H2,1H3,(H,27,28,30). The number of fused-ring (bicyclic) bond motifs is 2. The molecular weight excluding hydrogens is 403 g/mol. The van der Waals surface area contributed by atoms with Gasteiger partial charge >= 0.3 is 0 Å². The number of halogens is 1. The number of imidazole rings is 1. The number of benzene rings is 3. The molecule has 1 aliphatic heterocycles. The molecule has 1 fully saturated rings. The summed E-state index contributed by atoms with van der Waals surface area (Å²) in [5, 5.41) is 8.53. The van der Waals surface area contributed by atoms with Gasteiger partial charge in [0.2, 0.25) is 0 Å². The van der Waals surface area contributed by atoms with Gasteiger partial charge in [0.05, 0.1) is 11.2 Å². The molecule has 1 aliphatic rings. The molecule has 0 saturated carbocycles. The number of H-pyrrole nitrogens is 1. The first-order chi connectivity index (χ1) is 15.7. The Bertz CT molecular complexity index is 1430. The average molecular weight is 426 g/mol. The number of aromatic nitrogens is 5. The van der Waals surface area contributed by atoms with Crippen LogP contribution in [0.15, 0.2) is 54.9 Å². The number of hydrogen-bond acceptors (Lipinski definition) is 4. The highest BCUT2D eigenvalue weighted by Gasteiger charge is 2.21. The van der Waals surface area contributed by atoms with Crippen molar-refractivity contribution in [2.24, 2.45) is 0 Å². The number of aryl methyl sites for hydroxylation is 1. The maximum Gasteiger partial charge on any atom is 0.157 e. The van der Waals surface area contributed by atoms with Crippen LogP contribution in [-0.2, 0) is 0 Å². The molecule has 5 aromatic rings. The molecule has 0 spiro atoms. The van der Waals surface area contributed by atoms with Crippen molar-refractivity contribution in [1.29, 1.82) is 0 Å². The van der Waals surface area contributed by atoms with Crippen LogP contribution in [0.5, 0.6) is 0 Å². The molecule has 7 heteroatoms. The van der Waals surface area contributed by atoms with Gasteiger partial charge < -0.3 is 4.90 Å². The van der Waals surface area contributed by atoms with E-state index in [4.69, 9.17) is 4.98 Å². The minimum atomic E-state index is -0.220. The molecule has 3 heterocycles. The van der Waals surface area contributed by atoms with E-state index in [1.165, 1.54) is 31.7 Å². The van der Waals surface area contributed by atoms with Gasteiger partial charge in [-0.25, -0.2) is 14.4 Å². The van der Waals surface area contributed by atoms with Crippen LogP contribution in [0.3, 0.4) is 0 Å². The highest BCUT2D eigenvalue weighted by molar-refractivity contribution is 5.98. The smallest absolute Gasteiger partial charge is 0.157 e. The van der Waals surface area contributed by atoms with Gasteiger partial charge in [-0.1, -0.05) is 24.3 Å². The van der Waals surface area contributed by atoms with Gasteiger partial charge in [0.15, 0.2) is 5.82 Å². The summed E-state index contributed by atoms with van der Waals surface area (Å²) in [6.45, 7) is 4.06. The van der Waals surface area contributed by atoms with Crippen LogP contribution in [-0.4, -0.2) is 37.8 Å². The second-order valence-electron chi connectivity index (χ2n) is 8.35. The highest BCUT2D eigenvalue weighted by Crippen LogP contribution is 2.36. The lowest BCUT2D eigenvalue weighted by molar-refractivity contribution is 0.578. The van der Waals surface area contributed by atoms with Gasteiger partial charge in [-0.2, -0.15) is 5.10 Å². The third kappa shape index (κ3) is 2.96. The molecule has 2 aromatic heterocycles. The first kappa shape index (κ1) is 19.0. The van der Waals surface area contributed by atoms with Gasteiger partial charge in [-0.05, 0) is 50.5 Å². The van der Waals surface area contributed by atoms with E-state index in [1.807, 2.05) is 37.3 Å². The molecule has 0 radical (unpaired) electrons. The van der Waals surface area contributed by atoms with Gasteiger partial charge in [0, 0.05) is 35.1 Å². The van der Waals surface area contributed by atoms with Crippen molar-refractivity contribution in [2.45, 2.75) is 26.2 Å². The van der Waals surface area contributed by atoms with Gasteiger partial charge in [-0.15, -0.1) is 0 Å². The summed E-state index contributed by atoms with van der Waals surface area (Å²) >= 11 is 0. The minimum Gasteiger partial charge on any atom is -0.371 e. The number of rotatable bonds is 3. The lowest BCUT2D eigenvalue weighted by atomic mass is 10.1. The van der Waals surface area contributed by atoms with Crippen LogP contribution in [0.2, 0.25) is 0 Å². The lowest BCUT2D eigenvalue weighted by Crippen LogP contribution is -2.29. The fraction of sp³-hybridized carbons (Fsp3) is 0.240. The minimum absolute atomic E-state index is 0.220. The first-order valence-electron chi connectivity index (χ1n) is 11.0. The molecule has 0 atom stereocenters. The van der Waals surface area contributed by atoms with E-state index in [1.54, 1.807) is 0 Å². The van der Waals surface area contributed by atoms with Crippen molar-refractivity contribution in [2.75, 3.05) is 18.0 Å². The van der Waals surface area contributed by atoms with Gasteiger partial charge in [-0.3, -0.25) is 9.67 Å². The number of anilines is 1. The fourth-order valence-electron chi connectivity index (χ4n) is 4.87. The zero-order valence-electron chi connectivity index (χ0n) is 17.8. The predicted molar refractivity (Wildman–Crippen MR) is 125 cm³/mol. The molecule has 1 N–H and O–H groups in total. The van der Waals surface area contributed by atoms with Crippen LogP contribution in [0.25, 0.3) is 38.9 Å². The summed E-state index contributed by atoms with van der Waals surface area (Å²) in [4.78, 5) is 11.8. The number of piperidine rings is 1. The SMILES string of the molecule is Cc1nc2c(-c3ncn[nH]3)cc(N3CCCCC3)cc2n1-c1ccc(F)c2ccccc12. The van der Waals surface area contributed by atoms with Crippen LogP contribution >= 0.6 is 0 Å². The van der Waals surface area contributed by atoms with E-state index in [9.17, 15) is 4.39 Å². The molecule has 6 nitrogen and oxygen atoms in total.